The SMILES string of the molecule is CC(C)(C)n1cnnc1.CC(C)(C)n1cnnc1.N#C[S-].N#C[S-].[Zn+2]. The third-order valence-electron chi connectivity index (χ3n) is 2.39. The Kier molecular flexibility index (Phi) is 16.5. The first-order valence-corrected chi connectivity index (χ1v) is 7.58. The normalized spacial score (nSPS) is 9.12. The molecular formula is C14H22N8S2Zn. The van der Waals surface area contributed by atoms with E-state index in [0.717, 1.165) is 0 Å². The first-order chi connectivity index (χ1) is 11.0. The molecule has 11 heteroatoms. The van der Waals surface area contributed by atoms with E-state index in [1.165, 1.54) is 10.8 Å². The summed E-state index contributed by atoms with van der Waals surface area (Å²) in [6.45, 7) is 12.6. The molecule has 0 radical (unpaired) electrons. The van der Waals surface area contributed by atoms with Crippen molar-refractivity contribution in [2.75, 3.05) is 0 Å². The average Bonchev–Trinajstić information content (AvgIpc) is 3.14. The van der Waals surface area contributed by atoms with E-state index in [4.69, 9.17) is 10.5 Å². The monoisotopic (exact) mass is 430 g/mol. The summed E-state index contributed by atoms with van der Waals surface area (Å²) < 4.78 is 3.93. The van der Waals surface area contributed by atoms with Gasteiger partial charge in [0.2, 0.25) is 0 Å². The van der Waals surface area contributed by atoms with Gasteiger partial charge in [-0.15, -0.1) is 20.4 Å². The Hall–Kier alpha value is -1.68. The van der Waals surface area contributed by atoms with Crippen LogP contribution >= 0.6 is 0 Å². The van der Waals surface area contributed by atoms with Crippen molar-refractivity contribution >= 4 is 25.3 Å². The Morgan fingerprint density at radius 3 is 0.920 bits per heavy atom. The Labute approximate surface area is 173 Å². The van der Waals surface area contributed by atoms with E-state index in [1.807, 2.05) is 9.13 Å². The maximum Gasteiger partial charge on any atom is 2.00 e. The minimum Gasteiger partial charge on any atom is -0.696 e. The number of hydrogen-bond donors (Lipinski definition) is 0. The summed E-state index contributed by atoms with van der Waals surface area (Å²) in [5.74, 6) is 0. The van der Waals surface area contributed by atoms with Crippen LogP contribution in [-0.2, 0) is 55.8 Å². The molecular weight excluding hydrogens is 410 g/mol. The molecule has 25 heavy (non-hydrogen) atoms. The molecule has 2 rings (SSSR count). The average molecular weight is 432 g/mol. The van der Waals surface area contributed by atoms with Crippen LogP contribution in [0.5, 0.6) is 0 Å². The van der Waals surface area contributed by atoms with Crippen molar-refractivity contribution in [2.24, 2.45) is 0 Å². The van der Waals surface area contributed by atoms with Crippen LogP contribution in [0, 0.1) is 21.3 Å². The van der Waals surface area contributed by atoms with Crippen LogP contribution in [0.25, 0.3) is 0 Å². The van der Waals surface area contributed by atoms with Crippen LogP contribution in [0.1, 0.15) is 41.5 Å². The van der Waals surface area contributed by atoms with Gasteiger partial charge in [-0.2, -0.15) is 0 Å². The second-order valence-corrected chi connectivity index (χ2v) is 6.63. The van der Waals surface area contributed by atoms with E-state index >= 15 is 0 Å². The first-order valence-electron chi connectivity index (χ1n) is 6.77. The largest absolute Gasteiger partial charge is 2.00 e. The molecule has 0 aliphatic carbocycles. The van der Waals surface area contributed by atoms with Crippen LogP contribution in [0.2, 0.25) is 0 Å². The van der Waals surface area contributed by atoms with E-state index in [-0.39, 0.29) is 30.6 Å². The Morgan fingerprint density at radius 2 is 0.840 bits per heavy atom. The molecule has 8 nitrogen and oxygen atoms in total. The molecule has 0 aliphatic heterocycles. The van der Waals surface area contributed by atoms with E-state index < -0.39 is 0 Å². The molecule has 0 aliphatic rings. The van der Waals surface area contributed by atoms with Crippen LogP contribution in [0.3, 0.4) is 0 Å². The fourth-order valence-electron chi connectivity index (χ4n) is 1.09. The molecule has 132 valence electrons. The number of thiocyanates is 2. The summed E-state index contributed by atoms with van der Waals surface area (Å²) in [6.07, 6.45) is 6.89. The van der Waals surface area contributed by atoms with Gasteiger partial charge < -0.3 is 34.4 Å². The zero-order chi connectivity index (χ0) is 19.2. The molecule has 2 aromatic heterocycles. The predicted octanol–water partition coefficient (Wildman–Crippen LogP) is 2.09. The van der Waals surface area contributed by atoms with Gasteiger partial charge in [-0.1, -0.05) is 10.8 Å². The number of nitriles is 2. The summed E-state index contributed by atoms with van der Waals surface area (Å²) in [5, 5.41) is 31.7. The Balaban J connectivity index is -0.000000287. The van der Waals surface area contributed by atoms with Gasteiger partial charge in [0.15, 0.2) is 0 Å². The Morgan fingerprint density at radius 1 is 0.680 bits per heavy atom. The maximum atomic E-state index is 7.13. The fraction of sp³-hybridized carbons (Fsp3) is 0.571. The maximum absolute atomic E-state index is 7.13. The predicted molar refractivity (Wildman–Crippen MR) is 96.0 cm³/mol. The van der Waals surface area contributed by atoms with Crippen LogP contribution in [0.4, 0.5) is 0 Å². The van der Waals surface area contributed by atoms with Gasteiger partial charge >= 0.3 is 19.5 Å². The van der Waals surface area contributed by atoms with Crippen molar-refractivity contribution < 1.29 is 19.5 Å². The number of rotatable bonds is 0. The summed E-state index contributed by atoms with van der Waals surface area (Å²) in [6, 6.07) is 0. The van der Waals surface area contributed by atoms with Crippen LogP contribution < -0.4 is 0 Å². The summed E-state index contributed by atoms with van der Waals surface area (Å²) in [4.78, 5) is 0. The molecule has 0 saturated heterocycles. The molecule has 0 amide bonds. The molecule has 0 atom stereocenters. The molecule has 2 heterocycles. The van der Waals surface area contributed by atoms with Crippen LogP contribution in [-0.4, -0.2) is 29.5 Å². The summed E-state index contributed by atoms with van der Waals surface area (Å²) in [7, 11) is 0. The zero-order valence-electron chi connectivity index (χ0n) is 15.4. The van der Waals surface area contributed by atoms with Crippen molar-refractivity contribution in [3.63, 3.8) is 0 Å². The molecule has 0 aromatic carbocycles. The van der Waals surface area contributed by atoms with Gasteiger partial charge in [0.1, 0.15) is 25.3 Å². The van der Waals surface area contributed by atoms with Crippen molar-refractivity contribution in [1.82, 2.24) is 29.5 Å². The third-order valence-corrected chi connectivity index (χ3v) is 2.39. The van der Waals surface area contributed by atoms with Crippen molar-refractivity contribution in [3.8, 4) is 10.8 Å². The molecule has 0 spiro atoms. The second-order valence-electron chi connectivity index (χ2n) is 6.26. The van der Waals surface area contributed by atoms with E-state index in [0.29, 0.717) is 0 Å². The van der Waals surface area contributed by atoms with E-state index in [1.54, 1.807) is 25.3 Å². The van der Waals surface area contributed by atoms with Crippen molar-refractivity contribution in [1.29, 1.82) is 10.5 Å². The molecule has 2 aromatic rings. The minimum absolute atomic E-state index is 0. The van der Waals surface area contributed by atoms with Gasteiger partial charge in [0, 0.05) is 11.1 Å². The minimum atomic E-state index is 0. The standard InChI is InChI=1S/2C6H11N3.2CHNS.Zn/c2*1-6(2,3)9-4-7-8-5-9;2*2-1-3;/h2*4-5H,1-3H3;2*3H;/q;;;;+2/p-2. The molecule has 0 fully saturated rings. The first kappa shape index (κ1) is 28.1. The van der Waals surface area contributed by atoms with Crippen molar-refractivity contribution in [3.05, 3.63) is 25.3 Å². The van der Waals surface area contributed by atoms with E-state index in [2.05, 4.69) is 87.2 Å². The number of hydrogen-bond acceptors (Lipinski definition) is 8. The molecule has 0 bridgehead atoms. The van der Waals surface area contributed by atoms with Gasteiger partial charge in [0.25, 0.3) is 0 Å². The van der Waals surface area contributed by atoms with Crippen LogP contribution in [0.15, 0.2) is 25.3 Å². The van der Waals surface area contributed by atoms with Gasteiger partial charge in [0.05, 0.1) is 0 Å². The van der Waals surface area contributed by atoms with Gasteiger partial charge in [-0.3, -0.25) is 0 Å². The number of aromatic nitrogens is 6. The molecule has 0 N–H and O–H groups in total. The topological polar surface area (TPSA) is 109 Å². The zero-order valence-corrected chi connectivity index (χ0v) is 20.0. The second kappa shape index (κ2) is 14.6. The number of nitrogens with zero attached hydrogens (tertiary/aromatic N) is 8. The fourth-order valence-corrected chi connectivity index (χ4v) is 1.09. The molecule has 0 saturated carbocycles. The van der Waals surface area contributed by atoms with Gasteiger partial charge in [-0.05, 0) is 41.5 Å². The van der Waals surface area contributed by atoms with E-state index in [9.17, 15) is 0 Å². The Bertz CT molecular complexity index is 545. The summed E-state index contributed by atoms with van der Waals surface area (Å²) in [5.41, 5.74) is 0.229. The quantitative estimate of drug-likeness (QED) is 0.354. The third kappa shape index (κ3) is 15.6. The molecule has 0 unspecified atom stereocenters. The van der Waals surface area contributed by atoms with Gasteiger partial charge in [-0.25, -0.2) is 10.5 Å². The van der Waals surface area contributed by atoms with Crippen molar-refractivity contribution in [2.45, 2.75) is 52.6 Å². The summed E-state index contributed by atoms with van der Waals surface area (Å²) >= 11 is 7.40. The smallest absolute Gasteiger partial charge is 0.696 e.